The van der Waals surface area contributed by atoms with E-state index >= 15 is 0 Å². The number of hydrogen-bond acceptors (Lipinski definition) is 5. The molecule has 0 spiro atoms. The van der Waals surface area contributed by atoms with Gasteiger partial charge >= 0.3 is 0 Å². The molecule has 1 aromatic carbocycles. The van der Waals surface area contributed by atoms with E-state index in [0.29, 0.717) is 0 Å². The van der Waals surface area contributed by atoms with E-state index in [1.165, 1.54) is 5.57 Å². The summed E-state index contributed by atoms with van der Waals surface area (Å²) in [6, 6.07) is 9.92. The molecule has 0 bridgehead atoms. The van der Waals surface area contributed by atoms with Gasteiger partial charge in [0.25, 0.3) is 0 Å². The van der Waals surface area contributed by atoms with Crippen molar-refractivity contribution in [2.24, 2.45) is 0 Å². The molecule has 1 aliphatic heterocycles. The van der Waals surface area contributed by atoms with Crippen LogP contribution in [-0.2, 0) is 0 Å². The number of allylic oxidation sites excluding steroid dienone is 4. The van der Waals surface area contributed by atoms with Gasteiger partial charge in [0.1, 0.15) is 11.5 Å². The molecule has 0 fully saturated rings. The molecular weight excluding hydrogens is 408 g/mol. The molecular formula is C28H40N4O. The second kappa shape index (κ2) is 13.3. The maximum atomic E-state index is 6.20. The minimum Gasteiger partial charge on any atom is -0.457 e. The molecule has 2 aromatic rings. The number of rotatable bonds is 7. The molecule has 0 saturated heterocycles. The summed E-state index contributed by atoms with van der Waals surface area (Å²) >= 11 is 0. The van der Waals surface area contributed by atoms with Crippen LogP contribution in [0.4, 0.5) is 0 Å². The summed E-state index contributed by atoms with van der Waals surface area (Å²) in [6.45, 7) is 15.9. The monoisotopic (exact) mass is 448 g/mol. The van der Waals surface area contributed by atoms with Gasteiger partial charge in [-0.3, -0.25) is 4.98 Å². The lowest BCUT2D eigenvalue weighted by atomic mass is 10.0. The van der Waals surface area contributed by atoms with Crippen LogP contribution in [0.15, 0.2) is 73.1 Å². The lowest BCUT2D eigenvalue weighted by molar-refractivity contribution is 0.373. The van der Waals surface area contributed by atoms with Crippen LogP contribution in [0.2, 0.25) is 0 Å². The van der Waals surface area contributed by atoms with Gasteiger partial charge in [0.2, 0.25) is 0 Å². The predicted octanol–water partition coefficient (Wildman–Crippen LogP) is 6.72. The maximum Gasteiger partial charge on any atom is 0.131 e. The number of hydrazine groups is 1. The SMILES string of the molecule is C=C(NCC1=CN(C)NC1)c1cccc(Oc2ccnc(C3=CCC=C3)c2)c1C.CC.CC.[HH]. The van der Waals surface area contributed by atoms with Gasteiger partial charge in [-0.25, -0.2) is 5.43 Å². The van der Waals surface area contributed by atoms with Gasteiger partial charge in [0.15, 0.2) is 0 Å². The zero-order valence-electron chi connectivity index (χ0n) is 20.9. The number of nitrogens with zero attached hydrogens (tertiary/aromatic N) is 2. The van der Waals surface area contributed by atoms with Crippen LogP contribution in [-0.4, -0.2) is 30.1 Å². The Kier molecular flexibility index (Phi) is 10.4. The van der Waals surface area contributed by atoms with Gasteiger partial charge in [0, 0.05) is 56.9 Å². The fraction of sp³-hybridized carbons (Fsp3) is 0.321. The molecule has 178 valence electrons. The van der Waals surface area contributed by atoms with Crippen LogP contribution in [0.3, 0.4) is 0 Å². The first-order valence-electron chi connectivity index (χ1n) is 11.8. The van der Waals surface area contributed by atoms with Crippen molar-refractivity contribution < 1.29 is 6.16 Å². The van der Waals surface area contributed by atoms with Crippen molar-refractivity contribution in [1.82, 2.24) is 20.7 Å². The van der Waals surface area contributed by atoms with E-state index < -0.39 is 0 Å². The highest BCUT2D eigenvalue weighted by molar-refractivity contribution is 5.74. The zero-order valence-corrected chi connectivity index (χ0v) is 20.9. The molecule has 5 nitrogen and oxygen atoms in total. The molecule has 2 heterocycles. The number of hydrogen-bond donors (Lipinski definition) is 2. The zero-order chi connectivity index (χ0) is 24.2. The van der Waals surface area contributed by atoms with E-state index in [1.54, 1.807) is 6.20 Å². The molecule has 33 heavy (non-hydrogen) atoms. The average Bonchev–Trinajstić information content (AvgIpc) is 3.54. The van der Waals surface area contributed by atoms with Crippen LogP contribution in [0.5, 0.6) is 11.5 Å². The second-order valence-electron chi connectivity index (χ2n) is 7.27. The Balaban J connectivity index is 0.00000110. The van der Waals surface area contributed by atoms with Crippen molar-refractivity contribution in [3.63, 3.8) is 0 Å². The molecule has 0 atom stereocenters. The summed E-state index contributed by atoms with van der Waals surface area (Å²) in [5, 5.41) is 5.40. The summed E-state index contributed by atoms with van der Waals surface area (Å²) < 4.78 is 6.20. The Morgan fingerprint density at radius 1 is 1.24 bits per heavy atom. The predicted molar refractivity (Wildman–Crippen MR) is 143 cm³/mol. The largest absolute Gasteiger partial charge is 0.457 e. The van der Waals surface area contributed by atoms with Crippen molar-refractivity contribution in [2.75, 3.05) is 20.1 Å². The maximum absolute atomic E-state index is 6.20. The Hall–Kier alpha value is -3.31. The number of aromatic nitrogens is 1. The molecule has 4 rings (SSSR count). The molecule has 5 heteroatoms. The highest BCUT2D eigenvalue weighted by atomic mass is 16.5. The van der Waals surface area contributed by atoms with Crippen LogP contribution in [0, 0.1) is 6.92 Å². The summed E-state index contributed by atoms with van der Waals surface area (Å²) in [7, 11) is 2.00. The first-order chi connectivity index (χ1) is 16.1. The number of ether oxygens (including phenoxy) is 1. The summed E-state index contributed by atoms with van der Waals surface area (Å²) in [5.41, 5.74) is 9.60. The number of pyridine rings is 1. The van der Waals surface area contributed by atoms with E-state index in [2.05, 4.69) is 59.7 Å². The third kappa shape index (κ3) is 7.09. The summed E-state index contributed by atoms with van der Waals surface area (Å²) in [5.74, 6) is 1.60. The van der Waals surface area contributed by atoms with Gasteiger partial charge in [-0.05, 0) is 36.6 Å². The van der Waals surface area contributed by atoms with Gasteiger partial charge in [-0.2, -0.15) is 0 Å². The molecule has 2 aliphatic rings. The smallest absolute Gasteiger partial charge is 0.131 e. The first-order valence-corrected chi connectivity index (χ1v) is 11.8. The Morgan fingerprint density at radius 2 is 2.03 bits per heavy atom. The van der Waals surface area contributed by atoms with E-state index in [1.807, 2.05) is 64.0 Å². The van der Waals surface area contributed by atoms with Crippen LogP contribution in [0.25, 0.3) is 11.3 Å². The average molecular weight is 449 g/mol. The third-order valence-corrected chi connectivity index (χ3v) is 5.10. The van der Waals surface area contributed by atoms with Gasteiger partial charge in [0.05, 0.1) is 5.69 Å². The topological polar surface area (TPSA) is 49.4 Å². The minimum absolute atomic E-state index is 0. The van der Waals surface area contributed by atoms with E-state index in [0.717, 1.165) is 59.1 Å². The Morgan fingerprint density at radius 3 is 2.70 bits per heavy atom. The number of nitrogens with one attached hydrogen (secondary N) is 2. The van der Waals surface area contributed by atoms with Crippen molar-refractivity contribution in [3.8, 4) is 11.5 Å². The van der Waals surface area contributed by atoms with Gasteiger partial charge in [-0.15, -0.1) is 0 Å². The lowest BCUT2D eigenvalue weighted by Crippen LogP contribution is -2.25. The van der Waals surface area contributed by atoms with Crippen LogP contribution in [0.1, 0.15) is 52.4 Å². The summed E-state index contributed by atoms with van der Waals surface area (Å²) in [4.78, 5) is 4.46. The van der Waals surface area contributed by atoms with Gasteiger partial charge < -0.3 is 15.1 Å². The van der Waals surface area contributed by atoms with Crippen molar-refractivity contribution >= 4 is 11.3 Å². The fourth-order valence-corrected chi connectivity index (χ4v) is 3.47. The van der Waals surface area contributed by atoms with Gasteiger partial charge in [-0.1, -0.05) is 64.6 Å². The highest BCUT2D eigenvalue weighted by Crippen LogP contribution is 2.31. The quantitative estimate of drug-likeness (QED) is 0.492. The molecule has 0 radical (unpaired) electrons. The number of benzene rings is 1. The standard InChI is InChI=1S/C24H26N4O.2C2H6.H2/c1-17-22(18(2)26-14-19-15-27-28(3)16-19)9-6-10-24(17)29-21-11-12-25-23(13-21)20-7-4-5-8-20;2*1-2;/h4,6-13,16,26-27H,2,5,14-15H2,1,3H3;2*1-2H3;1H. The normalized spacial score (nSPS) is 13.8. The van der Waals surface area contributed by atoms with Crippen LogP contribution >= 0.6 is 0 Å². The molecule has 1 aromatic heterocycles. The molecule has 2 N–H and O–H groups in total. The second-order valence-corrected chi connectivity index (χ2v) is 7.27. The summed E-state index contributed by atoms with van der Waals surface area (Å²) in [6.07, 6.45) is 11.2. The van der Waals surface area contributed by atoms with Crippen molar-refractivity contribution in [3.05, 3.63) is 89.9 Å². The highest BCUT2D eigenvalue weighted by Gasteiger charge is 2.12. The van der Waals surface area contributed by atoms with Crippen LogP contribution < -0.4 is 15.5 Å². The molecule has 1 aliphatic carbocycles. The van der Waals surface area contributed by atoms with E-state index in [-0.39, 0.29) is 1.43 Å². The first kappa shape index (κ1) is 25.9. The Labute approximate surface area is 201 Å². The van der Waals surface area contributed by atoms with Crippen molar-refractivity contribution in [2.45, 2.75) is 41.0 Å². The molecule has 0 saturated carbocycles. The minimum atomic E-state index is 0. The van der Waals surface area contributed by atoms with Crippen molar-refractivity contribution in [1.29, 1.82) is 0 Å². The van der Waals surface area contributed by atoms with E-state index in [9.17, 15) is 0 Å². The third-order valence-electron chi connectivity index (χ3n) is 5.10. The molecule has 0 amide bonds. The fourth-order valence-electron chi connectivity index (χ4n) is 3.47. The molecule has 0 unspecified atom stereocenters. The van der Waals surface area contributed by atoms with E-state index in [4.69, 9.17) is 4.74 Å². The lowest BCUT2D eigenvalue weighted by Gasteiger charge is -2.16. The Bertz CT molecular complexity index is 1030.